The lowest BCUT2D eigenvalue weighted by Crippen LogP contribution is -2.53. The van der Waals surface area contributed by atoms with E-state index in [0.717, 1.165) is 32.0 Å². The molecular formula is C36H39BrFN3O6S. The number of amides is 2. The summed E-state index contributed by atoms with van der Waals surface area (Å²) >= 11 is 3.44. The van der Waals surface area contributed by atoms with Gasteiger partial charge in [0, 0.05) is 30.0 Å². The molecule has 12 heteroatoms. The van der Waals surface area contributed by atoms with E-state index in [1.54, 1.807) is 0 Å². The molecular weight excluding hydrogens is 701 g/mol. The number of sulfonamides is 1. The van der Waals surface area contributed by atoms with Gasteiger partial charge in [-0.3, -0.25) is 13.9 Å². The van der Waals surface area contributed by atoms with Crippen LogP contribution in [0.15, 0.2) is 106 Å². The number of benzene rings is 4. The highest BCUT2D eigenvalue weighted by atomic mass is 79.9. The summed E-state index contributed by atoms with van der Waals surface area (Å²) in [4.78, 5) is 29.7. The second-order valence-corrected chi connectivity index (χ2v) is 14.3. The Balaban J connectivity index is 1.81. The minimum absolute atomic E-state index is 0.0202. The van der Waals surface area contributed by atoms with E-state index in [1.807, 2.05) is 68.4 Å². The Hall–Kier alpha value is -4.42. The van der Waals surface area contributed by atoms with Crippen LogP contribution in [-0.4, -0.2) is 58.5 Å². The third-order valence-corrected chi connectivity index (χ3v) is 9.86. The zero-order chi connectivity index (χ0) is 34.8. The number of hydrogen-bond donors (Lipinski definition) is 1. The van der Waals surface area contributed by atoms with E-state index in [9.17, 15) is 22.4 Å². The summed E-state index contributed by atoms with van der Waals surface area (Å²) in [5.74, 6) is -0.929. The van der Waals surface area contributed by atoms with Gasteiger partial charge in [-0.1, -0.05) is 72.2 Å². The standard InChI is InChI=1S/C36H39BrFN3O6S/c1-25(2)22-39-36(43)32(20-26-8-6-5-7-9-26)40(23-27-10-12-28(37)13-11-27)35(42)24-41(30-16-14-29(38)15-17-30)48(44,45)31-18-19-33(46-3)34(21-31)47-4/h5-19,21,25,32H,20,22-24H2,1-4H3,(H,39,43). The van der Waals surface area contributed by atoms with E-state index in [2.05, 4.69) is 21.2 Å². The molecule has 4 aromatic carbocycles. The molecule has 1 unspecified atom stereocenters. The molecule has 0 aliphatic carbocycles. The molecule has 0 fully saturated rings. The Bertz CT molecular complexity index is 1790. The molecule has 0 radical (unpaired) electrons. The summed E-state index contributed by atoms with van der Waals surface area (Å²) in [6.07, 6.45) is 0.187. The predicted octanol–water partition coefficient (Wildman–Crippen LogP) is 6.21. The molecule has 48 heavy (non-hydrogen) atoms. The van der Waals surface area contributed by atoms with Crippen molar-refractivity contribution in [2.24, 2.45) is 5.92 Å². The van der Waals surface area contributed by atoms with Crippen molar-refractivity contribution in [1.29, 1.82) is 0 Å². The van der Waals surface area contributed by atoms with Crippen LogP contribution in [0.25, 0.3) is 0 Å². The van der Waals surface area contributed by atoms with Gasteiger partial charge >= 0.3 is 0 Å². The zero-order valence-electron chi connectivity index (χ0n) is 27.2. The Morgan fingerprint density at radius 1 is 0.854 bits per heavy atom. The highest BCUT2D eigenvalue weighted by Crippen LogP contribution is 2.32. The summed E-state index contributed by atoms with van der Waals surface area (Å²) in [6, 6.07) is 24.5. The van der Waals surface area contributed by atoms with Gasteiger partial charge in [0.2, 0.25) is 11.8 Å². The average Bonchev–Trinajstić information content (AvgIpc) is 3.08. The first-order valence-electron chi connectivity index (χ1n) is 15.3. The first-order valence-corrected chi connectivity index (χ1v) is 17.5. The van der Waals surface area contributed by atoms with Gasteiger partial charge in [-0.05, 0) is 65.6 Å². The fourth-order valence-electron chi connectivity index (χ4n) is 5.00. The van der Waals surface area contributed by atoms with Crippen molar-refractivity contribution < 1.29 is 31.9 Å². The van der Waals surface area contributed by atoms with Gasteiger partial charge in [-0.2, -0.15) is 0 Å². The topological polar surface area (TPSA) is 105 Å². The molecule has 0 saturated heterocycles. The summed E-state index contributed by atoms with van der Waals surface area (Å²) in [6.45, 7) is 3.67. The summed E-state index contributed by atoms with van der Waals surface area (Å²) in [5, 5.41) is 2.96. The molecule has 9 nitrogen and oxygen atoms in total. The summed E-state index contributed by atoms with van der Waals surface area (Å²) < 4.78 is 55.0. The van der Waals surface area contributed by atoms with Crippen LogP contribution < -0.4 is 19.1 Å². The number of hydrogen-bond acceptors (Lipinski definition) is 6. The molecule has 1 atom stereocenters. The second kappa shape index (κ2) is 16.6. The van der Waals surface area contributed by atoms with E-state index in [1.165, 1.54) is 49.5 Å². The highest BCUT2D eigenvalue weighted by molar-refractivity contribution is 9.10. The van der Waals surface area contributed by atoms with Gasteiger partial charge in [0.15, 0.2) is 11.5 Å². The monoisotopic (exact) mass is 739 g/mol. The number of anilines is 1. The maximum Gasteiger partial charge on any atom is 0.264 e. The highest BCUT2D eigenvalue weighted by Gasteiger charge is 2.35. The van der Waals surface area contributed by atoms with Crippen LogP contribution in [0.4, 0.5) is 10.1 Å². The molecule has 0 aliphatic heterocycles. The molecule has 254 valence electrons. The quantitative estimate of drug-likeness (QED) is 0.156. The first kappa shape index (κ1) is 36.4. The Kier molecular flexibility index (Phi) is 12.6. The Morgan fingerprint density at radius 2 is 1.50 bits per heavy atom. The van der Waals surface area contributed by atoms with Crippen molar-refractivity contribution in [2.75, 3.05) is 31.6 Å². The van der Waals surface area contributed by atoms with Crippen LogP contribution in [-0.2, 0) is 32.6 Å². The molecule has 2 amide bonds. The van der Waals surface area contributed by atoms with Crippen LogP contribution in [0.1, 0.15) is 25.0 Å². The number of rotatable bonds is 15. The minimum Gasteiger partial charge on any atom is -0.493 e. The molecule has 0 saturated carbocycles. The average molecular weight is 741 g/mol. The molecule has 4 aromatic rings. The number of carbonyl (C=O) groups excluding carboxylic acids is 2. The normalized spacial score (nSPS) is 11.9. The zero-order valence-corrected chi connectivity index (χ0v) is 29.6. The van der Waals surface area contributed by atoms with Gasteiger partial charge in [0.05, 0.1) is 24.8 Å². The maximum atomic E-state index is 14.6. The van der Waals surface area contributed by atoms with E-state index >= 15 is 0 Å². The van der Waals surface area contributed by atoms with Crippen molar-refractivity contribution >= 4 is 43.5 Å². The largest absolute Gasteiger partial charge is 0.493 e. The third-order valence-electron chi connectivity index (χ3n) is 7.56. The number of methoxy groups -OCH3 is 2. The molecule has 0 heterocycles. The van der Waals surface area contributed by atoms with Gasteiger partial charge in [0.25, 0.3) is 10.0 Å². The number of ether oxygens (including phenoxy) is 2. The Labute approximate surface area is 289 Å². The second-order valence-electron chi connectivity index (χ2n) is 11.5. The number of nitrogens with zero attached hydrogens (tertiary/aromatic N) is 2. The van der Waals surface area contributed by atoms with Crippen molar-refractivity contribution in [2.45, 2.75) is 37.8 Å². The van der Waals surface area contributed by atoms with Gasteiger partial charge in [0.1, 0.15) is 18.4 Å². The van der Waals surface area contributed by atoms with Crippen LogP contribution in [0.2, 0.25) is 0 Å². The molecule has 0 aromatic heterocycles. The number of carbonyl (C=O) groups is 2. The van der Waals surface area contributed by atoms with Crippen LogP contribution in [0.5, 0.6) is 11.5 Å². The van der Waals surface area contributed by atoms with Crippen LogP contribution in [0.3, 0.4) is 0 Å². The Morgan fingerprint density at radius 3 is 2.10 bits per heavy atom. The van der Waals surface area contributed by atoms with E-state index < -0.39 is 34.3 Å². The molecule has 1 N–H and O–H groups in total. The van der Waals surface area contributed by atoms with Crippen molar-refractivity contribution in [1.82, 2.24) is 10.2 Å². The molecule has 0 bridgehead atoms. The fourth-order valence-corrected chi connectivity index (χ4v) is 6.70. The lowest BCUT2D eigenvalue weighted by molar-refractivity contribution is -0.140. The lowest BCUT2D eigenvalue weighted by Gasteiger charge is -2.34. The van der Waals surface area contributed by atoms with Crippen LogP contribution in [0, 0.1) is 11.7 Å². The van der Waals surface area contributed by atoms with Gasteiger partial charge in [-0.15, -0.1) is 0 Å². The summed E-state index contributed by atoms with van der Waals surface area (Å²) in [7, 11) is -1.63. The predicted molar refractivity (Wildman–Crippen MR) is 187 cm³/mol. The van der Waals surface area contributed by atoms with Gasteiger partial charge < -0.3 is 19.7 Å². The smallest absolute Gasteiger partial charge is 0.264 e. The van der Waals surface area contributed by atoms with Crippen molar-refractivity contribution in [3.05, 3.63) is 118 Å². The van der Waals surface area contributed by atoms with Gasteiger partial charge in [-0.25, -0.2) is 12.8 Å². The summed E-state index contributed by atoms with van der Waals surface area (Å²) in [5.41, 5.74) is 1.62. The van der Waals surface area contributed by atoms with E-state index in [4.69, 9.17) is 9.47 Å². The molecule has 0 aliphatic rings. The van der Waals surface area contributed by atoms with E-state index in [0.29, 0.717) is 12.3 Å². The van der Waals surface area contributed by atoms with Crippen molar-refractivity contribution in [3.8, 4) is 11.5 Å². The van der Waals surface area contributed by atoms with Crippen molar-refractivity contribution in [3.63, 3.8) is 0 Å². The van der Waals surface area contributed by atoms with Crippen LogP contribution >= 0.6 is 15.9 Å². The number of halogens is 2. The molecule has 0 spiro atoms. The number of nitrogens with one attached hydrogen (secondary N) is 1. The SMILES string of the molecule is COc1ccc(S(=O)(=O)N(CC(=O)N(Cc2ccc(Br)cc2)C(Cc2ccccc2)C(=O)NCC(C)C)c2ccc(F)cc2)cc1OC. The lowest BCUT2D eigenvalue weighted by atomic mass is 10.0. The fraction of sp³-hybridized carbons (Fsp3) is 0.278. The molecule has 4 rings (SSSR count). The third kappa shape index (κ3) is 9.35. The first-order chi connectivity index (χ1) is 22.9. The minimum atomic E-state index is -4.44. The maximum absolute atomic E-state index is 14.6. The van der Waals surface area contributed by atoms with E-state index in [-0.39, 0.29) is 41.1 Å².